The highest BCUT2D eigenvalue weighted by Gasteiger charge is 2.28. The number of hydrogen-bond donors (Lipinski definition) is 1. The van der Waals surface area contributed by atoms with Crippen LogP contribution in [0.1, 0.15) is 17.0 Å². The Bertz CT molecular complexity index is 673. The van der Waals surface area contributed by atoms with Crippen molar-refractivity contribution in [3.8, 4) is 0 Å². The van der Waals surface area contributed by atoms with Gasteiger partial charge >= 0.3 is 5.97 Å². The van der Waals surface area contributed by atoms with Crippen LogP contribution >= 0.6 is 0 Å². The minimum Gasteiger partial charge on any atom is -0.481 e. The molecule has 0 bridgehead atoms. The molecule has 2 rings (SSSR count). The molecule has 0 aliphatic heterocycles. The summed E-state index contributed by atoms with van der Waals surface area (Å²) in [5.74, 6) is -3.06. The largest absolute Gasteiger partial charge is 0.481 e. The molecule has 0 amide bonds. The number of carbonyl (C=O) groups is 1. The minimum atomic E-state index is -1.19. The first kappa shape index (κ1) is 14.6. The highest BCUT2D eigenvalue weighted by atomic mass is 19.1. The van der Waals surface area contributed by atoms with Gasteiger partial charge in [0.1, 0.15) is 5.82 Å². The Balaban J connectivity index is 2.44. The van der Waals surface area contributed by atoms with Gasteiger partial charge < -0.3 is 5.11 Å². The Morgan fingerprint density at radius 1 is 1.24 bits per heavy atom. The van der Waals surface area contributed by atoms with Crippen molar-refractivity contribution in [2.24, 2.45) is 0 Å². The second-order valence-electron chi connectivity index (χ2n) is 4.54. The van der Waals surface area contributed by atoms with E-state index >= 15 is 0 Å². The SMILES string of the molecule is O=C(O)C(Cc1ccccc1)c1ccc(F)cc1[N+](=O)[O-]. The van der Waals surface area contributed by atoms with Crippen molar-refractivity contribution in [1.29, 1.82) is 0 Å². The zero-order chi connectivity index (χ0) is 15.4. The Labute approximate surface area is 119 Å². The molecule has 0 saturated heterocycles. The molecule has 0 aromatic heterocycles. The maximum absolute atomic E-state index is 13.1. The fourth-order valence-corrected chi connectivity index (χ4v) is 2.15. The molecule has 1 atom stereocenters. The maximum atomic E-state index is 13.1. The third-order valence-electron chi connectivity index (χ3n) is 3.15. The number of nitro groups is 1. The van der Waals surface area contributed by atoms with E-state index in [4.69, 9.17) is 0 Å². The number of benzene rings is 2. The molecule has 1 unspecified atom stereocenters. The summed E-state index contributed by atoms with van der Waals surface area (Å²) in [6.45, 7) is 0. The van der Waals surface area contributed by atoms with E-state index in [2.05, 4.69) is 0 Å². The van der Waals surface area contributed by atoms with Crippen molar-refractivity contribution in [2.45, 2.75) is 12.3 Å². The van der Waals surface area contributed by atoms with Crippen LogP contribution < -0.4 is 0 Å². The molecule has 0 spiro atoms. The van der Waals surface area contributed by atoms with Gasteiger partial charge in [-0.3, -0.25) is 14.9 Å². The summed E-state index contributed by atoms with van der Waals surface area (Å²) >= 11 is 0. The van der Waals surface area contributed by atoms with Crippen molar-refractivity contribution in [2.75, 3.05) is 0 Å². The topological polar surface area (TPSA) is 80.4 Å². The minimum absolute atomic E-state index is 0.00208. The van der Waals surface area contributed by atoms with Crippen LogP contribution in [0.2, 0.25) is 0 Å². The van der Waals surface area contributed by atoms with Crippen molar-refractivity contribution in [3.05, 3.63) is 75.6 Å². The van der Waals surface area contributed by atoms with Gasteiger partial charge in [-0.05, 0) is 24.1 Å². The molecule has 0 aliphatic rings. The summed E-state index contributed by atoms with van der Waals surface area (Å²) in [5, 5.41) is 20.3. The van der Waals surface area contributed by atoms with Crippen molar-refractivity contribution in [3.63, 3.8) is 0 Å². The molecule has 21 heavy (non-hydrogen) atoms. The van der Waals surface area contributed by atoms with Crippen LogP contribution in [-0.2, 0) is 11.2 Å². The van der Waals surface area contributed by atoms with Gasteiger partial charge in [0.2, 0.25) is 0 Å². The molecule has 0 fully saturated rings. The average molecular weight is 289 g/mol. The highest BCUT2D eigenvalue weighted by Crippen LogP contribution is 2.30. The van der Waals surface area contributed by atoms with Crippen LogP contribution in [0.4, 0.5) is 10.1 Å². The van der Waals surface area contributed by atoms with E-state index < -0.39 is 28.3 Å². The standard InChI is InChI=1S/C15H12FNO4/c16-11-6-7-12(14(9-11)17(20)21)13(15(18)19)8-10-4-2-1-3-5-10/h1-7,9,13H,8H2,(H,18,19). The zero-order valence-corrected chi connectivity index (χ0v) is 10.9. The number of carboxylic acid groups (broad SMARTS) is 1. The average Bonchev–Trinajstić information content (AvgIpc) is 2.46. The van der Waals surface area contributed by atoms with Gasteiger partial charge in [-0.15, -0.1) is 0 Å². The number of aliphatic carboxylic acids is 1. The molecular weight excluding hydrogens is 277 g/mol. The number of nitrogens with zero attached hydrogens (tertiary/aromatic N) is 1. The lowest BCUT2D eigenvalue weighted by atomic mass is 9.91. The summed E-state index contributed by atoms with van der Waals surface area (Å²) in [5.41, 5.74) is 0.222. The second kappa shape index (κ2) is 6.13. The van der Waals surface area contributed by atoms with E-state index in [0.717, 1.165) is 23.8 Å². The van der Waals surface area contributed by atoms with Gasteiger partial charge in [0.25, 0.3) is 5.69 Å². The first-order valence-electron chi connectivity index (χ1n) is 6.19. The fourth-order valence-electron chi connectivity index (χ4n) is 2.15. The number of carboxylic acids is 1. The number of nitro benzene ring substituents is 1. The summed E-state index contributed by atoms with van der Waals surface area (Å²) < 4.78 is 13.1. The van der Waals surface area contributed by atoms with Crippen molar-refractivity contribution < 1.29 is 19.2 Å². The first-order valence-corrected chi connectivity index (χ1v) is 6.19. The molecule has 6 heteroatoms. The predicted molar refractivity (Wildman–Crippen MR) is 73.6 cm³/mol. The highest BCUT2D eigenvalue weighted by molar-refractivity contribution is 5.78. The van der Waals surface area contributed by atoms with E-state index in [9.17, 15) is 24.4 Å². The van der Waals surface area contributed by atoms with Gasteiger partial charge in [-0.1, -0.05) is 30.3 Å². The fraction of sp³-hybridized carbons (Fsp3) is 0.133. The Hall–Kier alpha value is -2.76. The number of rotatable bonds is 5. The summed E-state index contributed by atoms with van der Waals surface area (Å²) in [4.78, 5) is 21.7. The summed E-state index contributed by atoms with van der Waals surface area (Å²) in [7, 11) is 0. The van der Waals surface area contributed by atoms with Gasteiger partial charge in [0.15, 0.2) is 0 Å². The Kier molecular flexibility index (Phi) is 4.27. The molecule has 5 nitrogen and oxygen atoms in total. The van der Waals surface area contributed by atoms with E-state index in [1.54, 1.807) is 30.3 Å². The van der Waals surface area contributed by atoms with Crippen molar-refractivity contribution in [1.82, 2.24) is 0 Å². The quantitative estimate of drug-likeness (QED) is 0.677. The lowest BCUT2D eigenvalue weighted by molar-refractivity contribution is -0.385. The molecule has 2 aromatic rings. The maximum Gasteiger partial charge on any atom is 0.311 e. The summed E-state index contributed by atoms with van der Waals surface area (Å²) in [6, 6.07) is 11.7. The molecule has 0 aliphatic carbocycles. The number of hydrogen-bond acceptors (Lipinski definition) is 3. The zero-order valence-electron chi connectivity index (χ0n) is 10.9. The molecule has 2 aromatic carbocycles. The van der Waals surface area contributed by atoms with Crippen LogP contribution in [-0.4, -0.2) is 16.0 Å². The van der Waals surface area contributed by atoms with Gasteiger partial charge in [0.05, 0.1) is 16.9 Å². The van der Waals surface area contributed by atoms with E-state index in [0.29, 0.717) is 0 Å². The monoisotopic (exact) mass is 289 g/mol. The first-order chi connectivity index (χ1) is 9.99. The van der Waals surface area contributed by atoms with Gasteiger partial charge in [0, 0.05) is 5.56 Å². The normalized spacial score (nSPS) is 11.9. The van der Waals surface area contributed by atoms with Crippen LogP contribution in [0.15, 0.2) is 48.5 Å². The van der Waals surface area contributed by atoms with Crippen LogP contribution in [0.25, 0.3) is 0 Å². The molecule has 0 saturated carbocycles. The second-order valence-corrected chi connectivity index (χ2v) is 4.54. The van der Waals surface area contributed by atoms with Gasteiger partial charge in [-0.25, -0.2) is 4.39 Å². The third kappa shape index (κ3) is 3.42. The predicted octanol–water partition coefficient (Wildman–Crippen LogP) is 3.14. The molecule has 0 radical (unpaired) electrons. The Morgan fingerprint density at radius 3 is 2.48 bits per heavy atom. The van der Waals surface area contributed by atoms with Crippen LogP contribution in [0.5, 0.6) is 0 Å². The van der Waals surface area contributed by atoms with Gasteiger partial charge in [-0.2, -0.15) is 0 Å². The van der Waals surface area contributed by atoms with E-state index in [1.807, 2.05) is 0 Å². The smallest absolute Gasteiger partial charge is 0.311 e. The van der Waals surface area contributed by atoms with E-state index in [-0.39, 0.29) is 12.0 Å². The third-order valence-corrected chi connectivity index (χ3v) is 3.15. The van der Waals surface area contributed by atoms with Crippen LogP contribution in [0.3, 0.4) is 0 Å². The summed E-state index contributed by atoms with van der Waals surface area (Å²) in [6.07, 6.45) is 0.0998. The molecule has 0 heterocycles. The molecule has 108 valence electrons. The lowest BCUT2D eigenvalue weighted by Crippen LogP contribution is -2.16. The van der Waals surface area contributed by atoms with Crippen LogP contribution in [0, 0.1) is 15.9 Å². The number of halogens is 1. The molecule has 1 N–H and O–H groups in total. The van der Waals surface area contributed by atoms with E-state index in [1.165, 1.54) is 0 Å². The molecular formula is C15H12FNO4. The van der Waals surface area contributed by atoms with Crippen molar-refractivity contribution >= 4 is 11.7 Å². The lowest BCUT2D eigenvalue weighted by Gasteiger charge is -2.13. The Morgan fingerprint density at radius 2 is 1.90 bits per heavy atom.